The first kappa shape index (κ1) is 17.8. The van der Waals surface area contributed by atoms with Gasteiger partial charge < -0.3 is 14.3 Å². The summed E-state index contributed by atoms with van der Waals surface area (Å²) in [4.78, 5) is 26.2. The summed E-state index contributed by atoms with van der Waals surface area (Å²) >= 11 is 5.15. The van der Waals surface area contributed by atoms with Crippen LogP contribution in [-0.4, -0.2) is 35.2 Å². The van der Waals surface area contributed by atoms with Crippen LogP contribution in [0.1, 0.15) is 11.5 Å². The predicted molar refractivity (Wildman–Crippen MR) is 98.7 cm³/mol. The van der Waals surface area contributed by atoms with Gasteiger partial charge in [0.1, 0.15) is 29.4 Å². The number of amides is 2. The molecule has 134 valence electrons. The van der Waals surface area contributed by atoms with Crippen LogP contribution in [0.3, 0.4) is 0 Å². The Labute approximate surface area is 154 Å². The van der Waals surface area contributed by atoms with Gasteiger partial charge in [0.25, 0.3) is 11.8 Å². The number of carbonyl (C=O) groups excluding carboxylic acids is 2. The second kappa shape index (κ2) is 7.51. The first-order chi connectivity index (χ1) is 12.5. The fourth-order valence-electron chi connectivity index (χ4n) is 2.42. The van der Waals surface area contributed by atoms with Crippen molar-refractivity contribution in [2.45, 2.75) is 6.92 Å². The molecule has 1 aliphatic rings. The van der Waals surface area contributed by atoms with Crippen molar-refractivity contribution < 1.29 is 23.8 Å². The van der Waals surface area contributed by atoms with Crippen molar-refractivity contribution in [2.75, 3.05) is 18.1 Å². The summed E-state index contributed by atoms with van der Waals surface area (Å²) in [7, 11) is 0. The Bertz CT molecular complexity index is 885. The second-order valence-electron chi connectivity index (χ2n) is 5.47. The first-order valence-corrected chi connectivity index (χ1v) is 8.22. The quantitative estimate of drug-likeness (QED) is 0.472. The van der Waals surface area contributed by atoms with Gasteiger partial charge in [0.05, 0.1) is 12.3 Å². The highest BCUT2D eigenvalue weighted by Gasteiger charge is 2.34. The molecule has 0 aliphatic carbocycles. The molecule has 8 heteroatoms. The summed E-state index contributed by atoms with van der Waals surface area (Å²) in [6, 6.07) is 10.00. The van der Waals surface area contributed by atoms with Gasteiger partial charge in [-0.15, -0.1) is 0 Å². The number of aryl methyl sites for hydroxylation is 1. The van der Waals surface area contributed by atoms with Crippen molar-refractivity contribution in [3.05, 3.63) is 53.5 Å². The predicted octanol–water partition coefficient (Wildman–Crippen LogP) is 1.79. The number of rotatable bonds is 5. The van der Waals surface area contributed by atoms with E-state index in [-0.39, 0.29) is 23.9 Å². The van der Waals surface area contributed by atoms with Crippen LogP contribution in [0.25, 0.3) is 6.08 Å². The number of nitrogens with one attached hydrogen (secondary N) is 1. The third-order valence-corrected chi connectivity index (χ3v) is 3.89. The molecule has 26 heavy (non-hydrogen) atoms. The lowest BCUT2D eigenvalue weighted by molar-refractivity contribution is -0.122. The first-order valence-electron chi connectivity index (χ1n) is 7.81. The van der Waals surface area contributed by atoms with Gasteiger partial charge in [-0.25, -0.2) is 0 Å². The molecule has 2 N–H and O–H groups in total. The molecule has 0 radical (unpaired) electrons. The van der Waals surface area contributed by atoms with Crippen molar-refractivity contribution >= 4 is 40.9 Å². The van der Waals surface area contributed by atoms with Crippen LogP contribution < -0.4 is 15.0 Å². The Hall–Kier alpha value is -2.97. The van der Waals surface area contributed by atoms with Crippen LogP contribution in [0, 0.1) is 6.92 Å². The average molecular weight is 372 g/mol. The largest absolute Gasteiger partial charge is 0.491 e. The Morgan fingerprint density at radius 2 is 1.96 bits per heavy atom. The zero-order valence-electron chi connectivity index (χ0n) is 13.9. The summed E-state index contributed by atoms with van der Waals surface area (Å²) in [6.07, 6.45) is 1.39. The zero-order valence-corrected chi connectivity index (χ0v) is 14.7. The van der Waals surface area contributed by atoms with Crippen molar-refractivity contribution in [3.8, 4) is 5.75 Å². The summed E-state index contributed by atoms with van der Waals surface area (Å²) in [6.45, 7) is 1.85. The van der Waals surface area contributed by atoms with E-state index in [0.29, 0.717) is 23.0 Å². The van der Waals surface area contributed by atoms with Crippen LogP contribution in [0.4, 0.5) is 5.69 Å². The molecule has 7 nitrogen and oxygen atoms in total. The molecular weight excluding hydrogens is 356 g/mol. The number of aliphatic hydroxyl groups excluding tert-OH is 1. The summed E-state index contributed by atoms with van der Waals surface area (Å²) < 4.78 is 10.7. The number of hydrogen-bond acceptors (Lipinski definition) is 6. The van der Waals surface area contributed by atoms with Gasteiger partial charge in [-0.1, -0.05) is 0 Å². The van der Waals surface area contributed by atoms with Crippen molar-refractivity contribution in [3.63, 3.8) is 0 Å². The summed E-state index contributed by atoms with van der Waals surface area (Å²) in [5, 5.41) is 11.3. The maximum absolute atomic E-state index is 12.8. The van der Waals surface area contributed by atoms with Crippen molar-refractivity contribution in [1.29, 1.82) is 0 Å². The molecule has 3 rings (SSSR count). The summed E-state index contributed by atoms with van der Waals surface area (Å²) in [5.74, 6) is 0.502. The Kier molecular flexibility index (Phi) is 5.15. The standard InChI is InChI=1S/C18H16N2O5S/c1-11-2-5-14(25-11)10-15-16(22)19-18(26)20(17(15)23)12-3-6-13(7-4-12)24-9-8-21/h2-7,10,21H,8-9H2,1H3,(H,19,22,26). The SMILES string of the molecule is Cc1ccc(C=C2C(=O)NC(=S)N(c3ccc(OCCO)cc3)C2=O)o1. The van der Waals surface area contributed by atoms with Gasteiger partial charge in [0.2, 0.25) is 0 Å². The highest BCUT2D eigenvalue weighted by Crippen LogP contribution is 2.24. The van der Waals surface area contributed by atoms with E-state index in [1.807, 2.05) is 0 Å². The third kappa shape index (κ3) is 3.66. The van der Waals surface area contributed by atoms with Crippen LogP contribution in [0.2, 0.25) is 0 Å². The monoisotopic (exact) mass is 372 g/mol. The van der Waals surface area contributed by atoms with E-state index in [1.54, 1.807) is 43.3 Å². The van der Waals surface area contributed by atoms with Gasteiger partial charge in [0.15, 0.2) is 5.11 Å². The molecular formula is C18H16N2O5S. The van der Waals surface area contributed by atoms with Gasteiger partial charge in [0, 0.05) is 0 Å². The number of furan rings is 1. The van der Waals surface area contributed by atoms with Crippen LogP contribution >= 0.6 is 12.2 Å². The van der Waals surface area contributed by atoms with Crippen LogP contribution in [0.5, 0.6) is 5.75 Å². The highest BCUT2D eigenvalue weighted by molar-refractivity contribution is 7.80. The fourth-order valence-corrected chi connectivity index (χ4v) is 2.70. The second-order valence-corrected chi connectivity index (χ2v) is 5.86. The fraction of sp³-hybridized carbons (Fsp3) is 0.167. The molecule has 0 spiro atoms. The molecule has 0 saturated carbocycles. The van der Waals surface area contributed by atoms with Gasteiger partial charge in [-0.3, -0.25) is 19.8 Å². The molecule has 2 amide bonds. The number of thiocarbonyl (C=S) groups is 1. The molecule has 0 unspecified atom stereocenters. The number of aliphatic hydroxyl groups is 1. The Morgan fingerprint density at radius 3 is 2.58 bits per heavy atom. The number of nitrogens with zero attached hydrogens (tertiary/aromatic N) is 1. The number of anilines is 1. The molecule has 1 fully saturated rings. The highest BCUT2D eigenvalue weighted by atomic mass is 32.1. The van der Waals surface area contributed by atoms with E-state index in [0.717, 1.165) is 0 Å². The summed E-state index contributed by atoms with van der Waals surface area (Å²) in [5.41, 5.74) is 0.409. The van der Waals surface area contributed by atoms with E-state index in [1.165, 1.54) is 11.0 Å². The molecule has 1 aromatic carbocycles. The minimum atomic E-state index is -0.576. The smallest absolute Gasteiger partial charge is 0.270 e. The lowest BCUT2D eigenvalue weighted by Crippen LogP contribution is -2.54. The minimum Gasteiger partial charge on any atom is -0.491 e. The lowest BCUT2D eigenvalue weighted by atomic mass is 10.1. The van der Waals surface area contributed by atoms with Crippen LogP contribution in [-0.2, 0) is 9.59 Å². The van der Waals surface area contributed by atoms with E-state index < -0.39 is 11.8 Å². The average Bonchev–Trinajstić information content (AvgIpc) is 3.03. The molecule has 1 aromatic heterocycles. The normalized spacial score (nSPS) is 16.2. The molecule has 2 aromatic rings. The van der Waals surface area contributed by atoms with Crippen molar-refractivity contribution in [2.24, 2.45) is 0 Å². The van der Waals surface area contributed by atoms with Gasteiger partial charge in [-0.2, -0.15) is 0 Å². The third-order valence-electron chi connectivity index (χ3n) is 3.60. The van der Waals surface area contributed by atoms with Crippen molar-refractivity contribution in [1.82, 2.24) is 5.32 Å². The maximum atomic E-state index is 12.8. The maximum Gasteiger partial charge on any atom is 0.270 e. The van der Waals surface area contributed by atoms with Gasteiger partial charge in [-0.05, 0) is 61.6 Å². The van der Waals surface area contributed by atoms with E-state index in [2.05, 4.69) is 5.32 Å². The molecule has 0 atom stereocenters. The van der Waals surface area contributed by atoms with Crippen LogP contribution in [0.15, 0.2) is 46.4 Å². The minimum absolute atomic E-state index is 0.00296. The molecule has 2 heterocycles. The van der Waals surface area contributed by atoms with E-state index >= 15 is 0 Å². The molecule has 1 saturated heterocycles. The Balaban J connectivity index is 1.89. The lowest BCUT2D eigenvalue weighted by Gasteiger charge is -2.28. The topological polar surface area (TPSA) is 92.0 Å². The van der Waals surface area contributed by atoms with Gasteiger partial charge >= 0.3 is 0 Å². The number of ether oxygens (including phenoxy) is 1. The zero-order chi connectivity index (χ0) is 18.7. The number of benzene rings is 1. The number of hydrogen-bond donors (Lipinski definition) is 2. The Morgan fingerprint density at radius 1 is 1.23 bits per heavy atom. The van der Waals surface area contributed by atoms with E-state index in [9.17, 15) is 9.59 Å². The number of carbonyl (C=O) groups is 2. The molecule has 1 aliphatic heterocycles. The van der Waals surface area contributed by atoms with E-state index in [4.69, 9.17) is 26.5 Å². The molecule has 0 bridgehead atoms.